The van der Waals surface area contributed by atoms with Crippen molar-refractivity contribution in [2.45, 2.75) is 32.2 Å². The molecule has 41 heavy (non-hydrogen) atoms. The first kappa shape index (κ1) is 25.3. The molecule has 2 aromatic carbocycles. The van der Waals surface area contributed by atoms with Gasteiger partial charge >= 0.3 is 0 Å². The van der Waals surface area contributed by atoms with Crippen LogP contribution in [0.2, 0.25) is 5.02 Å². The van der Waals surface area contributed by atoms with Crippen LogP contribution in [0.5, 0.6) is 0 Å². The molecular formula is C28H23ClFN9O2. The number of rotatable bonds is 5. The molecule has 206 valence electrons. The number of nitrogens with zero attached hydrogens (tertiary/aromatic N) is 7. The van der Waals surface area contributed by atoms with Crippen LogP contribution >= 0.6 is 11.6 Å². The maximum absolute atomic E-state index is 15.3. The average Bonchev–Trinajstić information content (AvgIpc) is 3.24. The zero-order valence-electron chi connectivity index (χ0n) is 21.8. The third-order valence-corrected chi connectivity index (χ3v) is 8.04. The second-order valence-electron chi connectivity index (χ2n) is 10.4. The third kappa shape index (κ3) is 4.31. The summed E-state index contributed by atoms with van der Waals surface area (Å²) in [6, 6.07) is 10.1. The summed E-state index contributed by atoms with van der Waals surface area (Å²) in [5.41, 5.74) is 4.14. The van der Waals surface area contributed by atoms with Crippen LogP contribution in [-0.4, -0.2) is 52.7 Å². The molecule has 0 bridgehead atoms. The first-order valence-electron chi connectivity index (χ1n) is 13.1. The summed E-state index contributed by atoms with van der Waals surface area (Å²) in [5, 5.41) is 14.7. The minimum absolute atomic E-state index is 0.000267. The first-order valence-corrected chi connectivity index (χ1v) is 13.5. The summed E-state index contributed by atoms with van der Waals surface area (Å²) in [6.07, 6.45) is 3.20. The van der Waals surface area contributed by atoms with Gasteiger partial charge in [0.15, 0.2) is 0 Å². The van der Waals surface area contributed by atoms with Crippen molar-refractivity contribution in [3.63, 3.8) is 0 Å². The molecule has 3 atom stereocenters. The number of nitrogens with one attached hydrogen (secondary N) is 2. The van der Waals surface area contributed by atoms with E-state index in [4.69, 9.17) is 16.6 Å². The highest BCUT2D eigenvalue weighted by Gasteiger charge is 2.60. The van der Waals surface area contributed by atoms with Crippen LogP contribution in [0, 0.1) is 17.8 Å². The van der Waals surface area contributed by atoms with Crippen LogP contribution < -0.4 is 5.32 Å². The largest absolute Gasteiger partial charge is 0.338 e. The van der Waals surface area contributed by atoms with E-state index >= 15 is 4.39 Å². The second kappa shape index (κ2) is 9.44. The Labute approximate surface area is 238 Å². The number of hydrogen-bond acceptors (Lipinski definition) is 7. The molecule has 2 aliphatic heterocycles. The first-order chi connectivity index (χ1) is 19.8. The van der Waals surface area contributed by atoms with Gasteiger partial charge in [0.25, 0.3) is 0 Å². The Morgan fingerprint density at radius 2 is 2.07 bits per heavy atom. The van der Waals surface area contributed by atoms with Gasteiger partial charge in [0.05, 0.1) is 17.4 Å². The monoisotopic (exact) mass is 571 g/mol. The Hall–Kier alpha value is -4.71. The van der Waals surface area contributed by atoms with E-state index in [1.807, 2.05) is 6.07 Å². The normalized spacial score (nSPS) is 21.9. The zero-order valence-corrected chi connectivity index (χ0v) is 22.6. The van der Waals surface area contributed by atoms with Crippen molar-refractivity contribution in [3.05, 3.63) is 77.2 Å². The van der Waals surface area contributed by atoms with E-state index in [1.165, 1.54) is 17.9 Å². The number of amides is 2. The number of amidine groups is 1. The minimum atomic E-state index is -0.652. The molecule has 0 spiro atoms. The summed E-state index contributed by atoms with van der Waals surface area (Å²) in [4.78, 5) is 38.5. The smallest absolute Gasteiger partial charge is 0.238 e. The van der Waals surface area contributed by atoms with E-state index in [0.717, 1.165) is 17.7 Å². The molecule has 2 fully saturated rings. The van der Waals surface area contributed by atoms with Gasteiger partial charge in [-0.25, -0.2) is 9.98 Å². The number of hydrogen-bond donors (Lipinski definition) is 2. The fourth-order valence-corrected chi connectivity index (χ4v) is 6.01. The van der Waals surface area contributed by atoms with E-state index in [1.54, 1.807) is 35.2 Å². The van der Waals surface area contributed by atoms with Crippen molar-refractivity contribution in [2.75, 3.05) is 5.32 Å². The number of aromatic amines is 1. The number of imidazole rings is 1. The Morgan fingerprint density at radius 3 is 2.85 bits per heavy atom. The zero-order chi connectivity index (χ0) is 28.4. The van der Waals surface area contributed by atoms with Gasteiger partial charge in [0.2, 0.25) is 17.8 Å². The number of tetrazole rings is 1. The average molecular weight is 572 g/mol. The molecule has 2 N–H and O–H groups in total. The van der Waals surface area contributed by atoms with E-state index in [0.29, 0.717) is 52.0 Å². The number of anilines is 1. The van der Waals surface area contributed by atoms with E-state index in [-0.39, 0.29) is 29.3 Å². The number of H-pyrrole nitrogens is 1. The lowest BCUT2D eigenvalue weighted by atomic mass is 9.99. The molecular weight excluding hydrogens is 549 g/mol. The molecule has 11 nitrogen and oxygen atoms in total. The van der Waals surface area contributed by atoms with Gasteiger partial charge in [0, 0.05) is 41.1 Å². The van der Waals surface area contributed by atoms with Gasteiger partial charge in [-0.3, -0.25) is 14.5 Å². The lowest BCUT2D eigenvalue weighted by molar-refractivity contribution is -0.126. The van der Waals surface area contributed by atoms with Crippen molar-refractivity contribution in [2.24, 2.45) is 16.8 Å². The predicted octanol–water partition coefficient (Wildman–Crippen LogP) is 4.34. The molecule has 4 heterocycles. The second-order valence-corrected chi connectivity index (χ2v) is 10.8. The SMILES string of the molecule is C=C(/N=C1/C2CC2C(c2nc(F)c(-c3ccc4c(c3)CCC(=O)N4)[nH]2)N1C(C)=O)c1cc(Cl)ccc1-n1cnnn1. The Kier molecular flexibility index (Phi) is 5.82. The van der Waals surface area contributed by atoms with Crippen molar-refractivity contribution in [1.82, 2.24) is 35.1 Å². The number of likely N-dealkylation sites (tertiary alicyclic amines) is 1. The lowest BCUT2D eigenvalue weighted by Crippen LogP contribution is -2.36. The molecule has 3 aliphatic rings. The van der Waals surface area contributed by atoms with Crippen LogP contribution in [0.1, 0.15) is 42.8 Å². The van der Waals surface area contributed by atoms with Crippen molar-refractivity contribution in [3.8, 4) is 16.9 Å². The molecule has 7 rings (SSSR count). The number of halogens is 2. The van der Waals surface area contributed by atoms with Crippen LogP contribution in [-0.2, 0) is 16.0 Å². The minimum Gasteiger partial charge on any atom is -0.338 e. The number of aryl methyl sites for hydroxylation is 1. The molecule has 1 saturated carbocycles. The lowest BCUT2D eigenvalue weighted by Gasteiger charge is -2.25. The number of aromatic nitrogens is 6. The van der Waals surface area contributed by atoms with Gasteiger partial charge < -0.3 is 10.3 Å². The summed E-state index contributed by atoms with van der Waals surface area (Å²) in [6.45, 7) is 5.62. The fourth-order valence-electron chi connectivity index (χ4n) is 5.84. The van der Waals surface area contributed by atoms with Crippen molar-refractivity contribution >= 4 is 40.6 Å². The van der Waals surface area contributed by atoms with E-state index in [9.17, 15) is 9.59 Å². The summed E-state index contributed by atoms with van der Waals surface area (Å²) in [5.74, 6) is 0.0408. The quantitative estimate of drug-likeness (QED) is 0.366. The van der Waals surface area contributed by atoms with Gasteiger partial charge in [-0.05, 0) is 65.1 Å². The van der Waals surface area contributed by atoms with Gasteiger partial charge in [-0.1, -0.05) is 24.2 Å². The Bertz CT molecular complexity index is 1780. The molecule has 13 heteroatoms. The van der Waals surface area contributed by atoms with Crippen molar-refractivity contribution in [1.29, 1.82) is 0 Å². The number of piperidine rings is 1. The number of benzene rings is 2. The topological polar surface area (TPSA) is 134 Å². The molecule has 1 saturated heterocycles. The Balaban J connectivity index is 1.23. The molecule has 3 unspecified atom stereocenters. The Morgan fingerprint density at radius 1 is 1.22 bits per heavy atom. The summed E-state index contributed by atoms with van der Waals surface area (Å²) in [7, 11) is 0. The maximum atomic E-state index is 15.3. The molecule has 1 aliphatic carbocycles. The van der Waals surface area contributed by atoms with Gasteiger partial charge in [-0.15, -0.1) is 5.10 Å². The van der Waals surface area contributed by atoms with Crippen LogP contribution in [0.25, 0.3) is 22.6 Å². The summed E-state index contributed by atoms with van der Waals surface area (Å²) >= 11 is 6.29. The standard InChI is InChI=1S/C28H23ClFN9O2/c1-13(18-10-17(29)5-7-22(18)38-12-31-36-37-38)32-28-20-11-19(20)25(39(28)14(2)40)27-34-24(26(30)35-27)16-3-6-21-15(9-16)4-8-23(41)33-21/h3,5-7,9-10,12,19-20,25H,1,4,8,11H2,2H3,(H,33,41)(H,34,35)/b32-28-. The number of carbonyl (C=O) groups is 2. The van der Waals surface area contributed by atoms with Crippen LogP contribution in [0.15, 0.2) is 54.3 Å². The highest BCUT2D eigenvalue weighted by atomic mass is 35.5. The maximum Gasteiger partial charge on any atom is 0.238 e. The van der Waals surface area contributed by atoms with Crippen LogP contribution in [0.3, 0.4) is 0 Å². The molecule has 4 aromatic rings. The van der Waals surface area contributed by atoms with E-state index in [2.05, 4.69) is 37.4 Å². The fraction of sp³-hybridized carbons (Fsp3) is 0.250. The van der Waals surface area contributed by atoms with Gasteiger partial charge in [-0.2, -0.15) is 9.07 Å². The highest BCUT2D eigenvalue weighted by molar-refractivity contribution is 6.30. The molecule has 0 radical (unpaired) electrons. The molecule has 2 amide bonds. The highest BCUT2D eigenvalue weighted by Crippen LogP contribution is 2.57. The third-order valence-electron chi connectivity index (χ3n) is 7.80. The van der Waals surface area contributed by atoms with Gasteiger partial charge in [0.1, 0.15) is 23.7 Å². The molecule has 2 aromatic heterocycles. The van der Waals surface area contributed by atoms with Crippen LogP contribution in [0.4, 0.5) is 10.1 Å². The van der Waals surface area contributed by atoms with Crippen molar-refractivity contribution < 1.29 is 14.0 Å². The number of carbonyl (C=O) groups excluding carboxylic acids is 2. The van der Waals surface area contributed by atoms with E-state index < -0.39 is 12.0 Å². The number of fused-ring (bicyclic) bond motifs is 2. The summed E-state index contributed by atoms with van der Waals surface area (Å²) < 4.78 is 16.8. The number of aliphatic imine (C=N–C) groups is 1. The predicted molar refractivity (Wildman–Crippen MR) is 148 cm³/mol.